The standard InChI is InChI=1S/C22H19F3N2O6S/c1-14(20(28)27-17-5-2-4-16(12-17)22(23,24)25)33-21(29)15-7-9-19(10-8-15)34(30,31)26-13-18-6-3-11-32-18/h2-12,14,26H,13H2,1H3,(H,27,28). The quantitative estimate of drug-likeness (QED) is 0.457. The summed E-state index contributed by atoms with van der Waals surface area (Å²) in [6.07, 6.45) is -4.50. The Labute approximate surface area is 192 Å². The fourth-order valence-electron chi connectivity index (χ4n) is 2.73. The molecular weight excluding hydrogens is 477 g/mol. The van der Waals surface area contributed by atoms with E-state index in [1.165, 1.54) is 43.5 Å². The van der Waals surface area contributed by atoms with Gasteiger partial charge in [-0.1, -0.05) is 6.07 Å². The van der Waals surface area contributed by atoms with Gasteiger partial charge in [0.25, 0.3) is 5.91 Å². The van der Waals surface area contributed by atoms with Crippen molar-refractivity contribution in [1.29, 1.82) is 0 Å². The molecule has 12 heteroatoms. The largest absolute Gasteiger partial charge is 0.468 e. The van der Waals surface area contributed by atoms with Crippen LogP contribution in [-0.4, -0.2) is 26.4 Å². The maximum absolute atomic E-state index is 12.8. The van der Waals surface area contributed by atoms with E-state index < -0.39 is 39.7 Å². The molecule has 0 aliphatic rings. The average molecular weight is 496 g/mol. The van der Waals surface area contributed by atoms with Gasteiger partial charge in [-0.15, -0.1) is 0 Å². The molecule has 2 N–H and O–H groups in total. The van der Waals surface area contributed by atoms with Crippen molar-refractivity contribution in [2.75, 3.05) is 5.32 Å². The molecule has 180 valence electrons. The van der Waals surface area contributed by atoms with Crippen molar-refractivity contribution in [3.63, 3.8) is 0 Å². The van der Waals surface area contributed by atoms with Crippen molar-refractivity contribution in [3.8, 4) is 0 Å². The van der Waals surface area contributed by atoms with Crippen molar-refractivity contribution >= 4 is 27.6 Å². The van der Waals surface area contributed by atoms with Crippen LogP contribution in [0, 0.1) is 0 Å². The summed E-state index contributed by atoms with van der Waals surface area (Å²) < 4.78 is 75.5. The zero-order valence-electron chi connectivity index (χ0n) is 17.6. The number of rotatable bonds is 8. The third-order valence-corrected chi connectivity index (χ3v) is 5.94. The molecule has 2 aromatic carbocycles. The summed E-state index contributed by atoms with van der Waals surface area (Å²) in [6.45, 7) is 1.19. The van der Waals surface area contributed by atoms with Gasteiger partial charge < -0.3 is 14.5 Å². The lowest BCUT2D eigenvalue weighted by atomic mass is 10.2. The average Bonchev–Trinajstić information content (AvgIpc) is 3.31. The van der Waals surface area contributed by atoms with Crippen LogP contribution in [0.15, 0.2) is 76.2 Å². The van der Waals surface area contributed by atoms with Crippen LogP contribution in [0.1, 0.15) is 28.6 Å². The van der Waals surface area contributed by atoms with Gasteiger partial charge in [-0.3, -0.25) is 4.79 Å². The van der Waals surface area contributed by atoms with Crippen LogP contribution in [0.5, 0.6) is 0 Å². The third-order valence-electron chi connectivity index (χ3n) is 4.53. The Morgan fingerprint density at radius 3 is 2.38 bits per heavy atom. The fourth-order valence-corrected chi connectivity index (χ4v) is 3.73. The number of carbonyl (C=O) groups excluding carboxylic acids is 2. The van der Waals surface area contributed by atoms with Crippen molar-refractivity contribution in [2.24, 2.45) is 0 Å². The predicted octanol–water partition coefficient (Wildman–Crippen LogP) is 3.96. The number of ether oxygens (including phenoxy) is 1. The Bertz CT molecular complexity index is 1260. The summed E-state index contributed by atoms with van der Waals surface area (Å²) in [6, 6.07) is 12.0. The van der Waals surface area contributed by atoms with Crippen LogP contribution in [0.3, 0.4) is 0 Å². The van der Waals surface area contributed by atoms with Crippen LogP contribution >= 0.6 is 0 Å². The smallest absolute Gasteiger partial charge is 0.416 e. The minimum atomic E-state index is -4.58. The molecule has 1 atom stereocenters. The van der Waals surface area contributed by atoms with Crippen LogP contribution in [0.2, 0.25) is 0 Å². The maximum Gasteiger partial charge on any atom is 0.416 e. The van der Waals surface area contributed by atoms with E-state index in [9.17, 15) is 31.2 Å². The first-order valence-electron chi connectivity index (χ1n) is 9.77. The van der Waals surface area contributed by atoms with E-state index in [2.05, 4.69) is 10.0 Å². The molecule has 0 fully saturated rings. The zero-order chi connectivity index (χ0) is 24.9. The Kier molecular flexibility index (Phi) is 7.42. The number of amides is 1. The molecule has 1 heterocycles. The number of hydrogen-bond acceptors (Lipinski definition) is 6. The highest BCUT2D eigenvalue weighted by Gasteiger charge is 2.30. The number of sulfonamides is 1. The molecule has 3 aromatic rings. The number of furan rings is 1. The van der Waals surface area contributed by atoms with E-state index in [1.807, 2.05) is 0 Å². The molecule has 0 bridgehead atoms. The summed E-state index contributed by atoms with van der Waals surface area (Å²) in [5.41, 5.74) is -1.08. The maximum atomic E-state index is 12.8. The van der Waals surface area contributed by atoms with Gasteiger partial charge in [0.05, 0.1) is 28.8 Å². The number of benzene rings is 2. The number of alkyl halides is 3. The highest BCUT2D eigenvalue weighted by molar-refractivity contribution is 7.89. The van der Waals surface area contributed by atoms with Gasteiger partial charge in [0.15, 0.2) is 6.10 Å². The predicted molar refractivity (Wildman–Crippen MR) is 114 cm³/mol. The number of halogens is 3. The highest BCUT2D eigenvalue weighted by atomic mass is 32.2. The van der Waals surface area contributed by atoms with E-state index >= 15 is 0 Å². The van der Waals surface area contributed by atoms with Crippen LogP contribution in [0.25, 0.3) is 0 Å². The number of hydrogen-bond donors (Lipinski definition) is 2. The monoisotopic (exact) mass is 496 g/mol. The minimum absolute atomic E-state index is 0.0243. The molecule has 1 aromatic heterocycles. The summed E-state index contributed by atoms with van der Waals surface area (Å²) >= 11 is 0. The first-order chi connectivity index (χ1) is 16.0. The lowest BCUT2D eigenvalue weighted by Crippen LogP contribution is -2.30. The molecule has 0 aliphatic carbocycles. The number of esters is 1. The summed E-state index contributed by atoms with van der Waals surface area (Å²) in [4.78, 5) is 24.4. The van der Waals surface area contributed by atoms with Gasteiger partial charge >= 0.3 is 12.1 Å². The second-order valence-corrected chi connectivity index (χ2v) is 8.81. The first-order valence-corrected chi connectivity index (χ1v) is 11.3. The van der Waals surface area contributed by atoms with Crippen LogP contribution < -0.4 is 10.0 Å². The Morgan fingerprint density at radius 1 is 1.06 bits per heavy atom. The van der Waals surface area contributed by atoms with Crippen LogP contribution in [-0.2, 0) is 32.3 Å². The molecule has 0 spiro atoms. The molecule has 0 saturated heterocycles. The van der Waals surface area contributed by atoms with E-state index in [-0.39, 0.29) is 22.7 Å². The van der Waals surface area contributed by atoms with Crippen molar-refractivity contribution < 1.29 is 40.3 Å². The van der Waals surface area contributed by atoms with E-state index in [1.54, 1.807) is 12.1 Å². The van der Waals surface area contributed by atoms with Gasteiger partial charge in [0, 0.05) is 5.69 Å². The zero-order valence-corrected chi connectivity index (χ0v) is 18.4. The fraction of sp³-hybridized carbons (Fsp3) is 0.182. The van der Waals surface area contributed by atoms with E-state index in [0.717, 1.165) is 18.2 Å². The molecular formula is C22H19F3N2O6S. The van der Waals surface area contributed by atoms with E-state index in [0.29, 0.717) is 5.76 Å². The second kappa shape index (κ2) is 10.1. The van der Waals surface area contributed by atoms with Crippen molar-refractivity contribution in [3.05, 3.63) is 83.8 Å². The number of nitrogens with one attached hydrogen (secondary N) is 2. The van der Waals surface area contributed by atoms with Gasteiger partial charge in [0.2, 0.25) is 10.0 Å². The Balaban J connectivity index is 1.59. The van der Waals surface area contributed by atoms with Crippen LogP contribution in [0.4, 0.5) is 18.9 Å². The van der Waals surface area contributed by atoms with Gasteiger partial charge in [0.1, 0.15) is 5.76 Å². The molecule has 0 saturated carbocycles. The molecule has 0 radical (unpaired) electrons. The summed E-state index contributed by atoms with van der Waals surface area (Å²) in [5.74, 6) is -1.34. The minimum Gasteiger partial charge on any atom is -0.468 e. The molecule has 1 unspecified atom stereocenters. The SMILES string of the molecule is CC(OC(=O)c1ccc(S(=O)(=O)NCc2ccco2)cc1)C(=O)Nc1cccc(C(F)(F)F)c1. The number of carbonyl (C=O) groups is 2. The Hall–Kier alpha value is -3.64. The van der Waals surface area contributed by atoms with Gasteiger partial charge in [-0.2, -0.15) is 13.2 Å². The molecule has 34 heavy (non-hydrogen) atoms. The lowest BCUT2D eigenvalue weighted by Gasteiger charge is -2.15. The van der Waals surface area contributed by atoms with E-state index in [4.69, 9.17) is 9.15 Å². The lowest BCUT2D eigenvalue weighted by molar-refractivity contribution is -0.137. The summed E-state index contributed by atoms with van der Waals surface area (Å²) in [5, 5.41) is 2.25. The molecule has 3 rings (SSSR count). The molecule has 0 aliphatic heterocycles. The van der Waals surface area contributed by atoms with Crippen molar-refractivity contribution in [2.45, 2.75) is 30.6 Å². The highest BCUT2D eigenvalue weighted by Crippen LogP contribution is 2.30. The van der Waals surface area contributed by atoms with Crippen molar-refractivity contribution in [1.82, 2.24) is 4.72 Å². The topological polar surface area (TPSA) is 115 Å². The second-order valence-electron chi connectivity index (χ2n) is 7.04. The number of anilines is 1. The van der Waals surface area contributed by atoms with Gasteiger partial charge in [-0.25, -0.2) is 17.9 Å². The molecule has 1 amide bonds. The Morgan fingerprint density at radius 2 is 1.76 bits per heavy atom. The van der Waals surface area contributed by atoms with Gasteiger partial charge in [-0.05, 0) is 61.5 Å². The normalized spacial score (nSPS) is 12.7. The third kappa shape index (κ3) is 6.45. The summed E-state index contributed by atoms with van der Waals surface area (Å²) in [7, 11) is -3.87. The molecule has 8 nitrogen and oxygen atoms in total. The first kappa shape index (κ1) is 25.0.